The number of H-pyrrole nitrogens is 1. The number of aromatic amines is 1. The van der Waals surface area contributed by atoms with Gasteiger partial charge in [0.2, 0.25) is 0 Å². The van der Waals surface area contributed by atoms with E-state index in [4.69, 9.17) is 9.84 Å². The molecule has 0 saturated heterocycles. The molecule has 0 bridgehead atoms. The van der Waals surface area contributed by atoms with Gasteiger partial charge in [-0.3, -0.25) is 14.4 Å². The number of fused-ring (bicyclic) bond motifs is 2. The quantitative estimate of drug-likeness (QED) is 0.513. The molecular formula is C19H14N4O6. The normalized spacial score (nSPS) is 12.6. The summed E-state index contributed by atoms with van der Waals surface area (Å²) in [7, 11) is 0. The second-order valence-corrected chi connectivity index (χ2v) is 6.30. The third kappa shape index (κ3) is 3.63. The van der Waals surface area contributed by atoms with E-state index in [1.54, 1.807) is 18.2 Å². The lowest BCUT2D eigenvalue weighted by molar-refractivity contribution is -0.118. The molecule has 146 valence electrons. The van der Waals surface area contributed by atoms with E-state index in [2.05, 4.69) is 20.6 Å². The molecule has 3 aromatic rings. The number of anilines is 1. The average molecular weight is 394 g/mol. The SMILES string of the molecule is O=C1COc2ccc(CNC(=O)c3nc4ccc(C(=O)O)cc4c(=O)[nH]3)cc2N1. The molecule has 4 N–H and O–H groups in total. The van der Waals surface area contributed by atoms with E-state index >= 15 is 0 Å². The number of amides is 2. The van der Waals surface area contributed by atoms with Crippen LogP contribution in [0, 0.1) is 0 Å². The van der Waals surface area contributed by atoms with Crippen molar-refractivity contribution in [3.63, 3.8) is 0 Å². The third-order valence-corrected chi connectivity index (χ3v) is 4.30. The fourth-order valence-corrected chi connectivity index (χ4v) is 2.89. The summed E-state index contributed by atoms with van der Waals surface area (Å²) in [6.45, 7) is 0.0831. The summed E-state index contributed by atoms with van der Waals surface area (Å²) in [6, 6.07) is 8.98. The Kier molecular flexibility index (Phi) is 4.43. The van der Waals surface area contributed by atoms with Gasteiger partial charge in [0.25, 0.3) is 17.4 Å². The van der Waals surface area contributed by atoms with Gasteiger partial charge in [-0.25, -0.2) is 9.78 Å². The molecule has 10 nitrogen and oxygen atoms in total. The number of aromatic carboxylic acids is 1. The van der Waals surface area contributed by atoms with Crippen LogP contribution in [-0.4, -0.2) is 39.5 Å². The molecule has 10 heteroatoms. The summed E-state index contributed by atoms with van der Waals surface area (Å²) >= 11 is 0. The van der Waals surface area contributed by atoms with Crippen LogP contribution in [0.4, 0.5) is 5.69 Å². The molecule has 0 aliphatic carbocycles. The monoisotopic (exact) mass is 394 g/mol. The number of rotatable bonds is 4. The highest BCUT2D eigenvalue weighted by Gasteiger charge is 2.17. The molecule has 0 fully saturated rings. The number of carbonyl (C=O) groups excluding carboxylic acids is 2. The first-order chi connectivity index (χ1) is 13.9. The average Bonchev–Trinajstić information content (AvgIpc) is 2.71. The number of aromatic nitrogens is 2. The van der Waals surface area contributed by atoms with Gasteiger partial charge in [0, 0.05) is 6.54 Å². The van der Waals surface area contributed by atoms with Gasteiger partial charge in [-0.1, -0.05) is 6.07 Å². The summed E-state index contributed by atoms with van der Waals surface area (Å²) in [5.41, 5.74) is 0.761. The molecule has 2 heterocycles. The maximum absolute atomic E-state index is 12.4. The molecular weight excluding hydrogens is 380 g/mol. The number of ether oxygens (including phenoxy) is 1. The molecule has 0 spiro atoms. The Bertz CT molecular complexity index is 1230. The van der Waals surface area contributed by atoms with E-state index in [1.807, 2.05) is 0 Å². The van der Waals surface area contributed by atoms with Gasteiger partial charge < -0.3 is 25.5 Å². The predicted octanol–water partition coefficient (Wildman–Crippen LogP) is 0.882. The summed E-state index contributed by atoms with van der Waals surface area (Å²) in [5, 5.41) is 14.4. The number of hydrogen-bond donors (Lipinski definition) is 4. The number of nitrogens with one attached hydrogen (secondary N) is 3. The number of carboxylic acid groups (broad SMARTS) is 1. The van der Waals surface area contributed by atoms with Gasteiger partial charge >= 0.3 is 5.97 Å². The molecule has 0 atom stereocenters. The number of nitrogens with zero attached hydrogens (tertiary/aromatic N) is 1. The summed E-state index contributed by atoms with van der Waals surface area (Å²) in [5.74, 6) is -1.69. The second-order valence-electron chi connectivity index (χ2n) is 6.30. The summed E-state index contributed by atoms with van der Waals surface area (Å²) in [4.78, 5) is 53.5. The van der Waals surface area contributed by atoms with E-state index in [0.717, 1.165) is 0 Å². The van der Waals surface area contributed by atoms with Crippen molar-refractivity contribution in [3.8, 4) is 5.75 Å². The molecule has 4 rings (SSSR count). The number of carbonyl (C=O) groups is 3. The predicted molar refractivity (Wildman–Crippen MR) is 101 cm³/mol. The van der Waals surface area contributed by atoms with Crippen molar-refractivity contribution in [2.45, 2.75) is 6.54 Å². The van der Waals surface area contributed by atoms with Crippen LogP contribution in [0.5, 0.6) is 5.75 Å². The molecule has 2 aromatic carbocycles. The minimum Gasteiger partial charge on any atom is -0.482 e. The zero-order valence-electron chi connectivity index (χ0n) is 14.8. The lowest BCUT2D eigenvalue weighted by Gasteiger charge is -2.18. The van der Waals surface area contributed by atoms with Gasteiger partial charge in [-0.2, -0.15) is 0 Å². The van der Waals surface area contributed by atoms with Crippen LogP contribution in [0.1, 0.15) is 26.5 Å². The topological polar surface area (TPSA) is 150 Å². The highest BCUT2D eigenvalue weighted by Crippen LogP contribution is 2.28. The van der Waals surface area contributed by atoms with E-state index in [9.17, 15) is 19.2 Å². The molecule has 1 aromatic heterocycles. The Morgan fingerprint density at radius 1 is 1.17 bits per heavy atom. The lowest BCUT2D eigenvalue weighted by atomic mass is 10.1. The minimum atomic E-state index is -1.17. The fraction of sp³-hybridized carbons (Fsp3) is 0.105. The van der Waals surface area contributed by atoms with Crippen molar-refractivity contribution >= 4 is 34.4 Å². The Labute approximate surface area is 162 Å². The van der Waals surface area contributed by atoms with Crippen LogP contribution < -0.4 is 20.9 Å². The molecule has 2 amide bonds. The van der Waals surface area contributed by atoms with Crippen molar-refractivity contribution in [1.29, 1.82) is 0 Å². The fourth-order valence-electron chi connectivity index (χ4n) is 2.89. The molecule has 1 aliphatic heterocycles. The summed E-state index contributed by atoms with van der Waals surface area (Å²) in [6.07, 6.45) is 0. The number of benzene rings is 2. The smallest absolute Gasteiger partial charge is 0.335 e. The molecule has 0 radical (unpaired) electrons. The van der Waals surface area contributed by atoms with Gasteiger partial charge in [-0.15, -0.1) is 0 Å². The maximum Gasteiger partial charge on any atom is 0.335 e. The summed E-state index contributed by atoms with van der Waals surface area (Å²) < 4.78 is 5.28. The van der Waals surface area contributed by atoms with Crippen molar-refractivity contribution in [3.05, 3.63) is 63.7 Å². The van der Waals surface area contributed by atoms with Crippen LogP contribution in [0.15, 0.2) is 41.2 Å². The van der Waals surface area contributed by atoms with Gasteiger partial charge in [0.05, 0.1) is 22.2 Å². The molecule has 1 aliphatic rings. The standard InChI is InChI=1S/C19H14N4O6/c24-15-8-29-14-4-1-9(5-13(14)21-15)7-20-18(26)16-22-12-3-2-10(19(27)28)6-11(12)17(25)23-16/h1-6H,7-8H2,(H,20,26)(H,21,24)(H,27,28)(H,22,23,25). The molecule has 29 heavy (non-hydrogen) atoms. The zero-order chi connectivity index (χ0) is 20.5. The van der Waals surface area contributed by atoms with E-state index in [1.165, 1.54) is 18.2 Å². The lowest BCUT2D eigenvalue weighted by Crippen LogP contribution is -2.28. The minimum absolute atomic E-state index is 0.0436. The van der Waals surface area contributed by atoms with Crippen LogP contribution in [0.3, 0.4) is 0 Å². The second kappa shape index (κ2) is 7.08. The molecule has 0 unspecified atom stereocenters. The first-order valence-electron chi connectivity index (χ1n) is 8.52. The third-order valence-electron chi connectivity index (χ3n) is 4.30. The largest absolute Gasteiger partial charge is 0.482 e. The zero-order valence-corrected chi connectivity index (χ0v) is 14.8. The van der Waals surface area contributed by atoms with Crippen molar-refractivity contribution < 1.29 is 24.2 Å². The van der Waals surface area contributed by atoms with E-state index < -0.39 is 17.4 Å². The Morgan fingerprint density at radius 2 is 2.00 bits per heavy atom. The Hall–Kier alpha value is -4.21. The highest BCUT2D eigenvalue weighted by atomic mass is 16.5. The van der Waals surface area contributed by atoms with E-state index in [-0.39, 0.29) is 41.3 Å². The van der Waals surface area contributed by atoms with Crippen LogP contribution in [0.25, 0.3) is 10.9 Å². The Balaban J connectivity index is 1.53. The van der Waals surface area contributed by atoms with Crippen molar-refractivity contribution in [1.82, 2.24) is 15.3 Å². The number of carboxylic acids is 1. The molecule has 0 saturated carbocycles. The van der Waals surface area contributed by atoms with Gasteiger partial charge in [0.15, 0.2) is 12.4 Å². The van der Waals surface area contributed by atoms with Crippen LogP contribution in [-0.2, 0) is 11.3 Å². The maximum atomic E-state index is 12.4. The Morgan fingerprint density at radius 3 is 2.79 bits per heavy atom. The van der Waals surface area contributed by atoms with E-state index in [0.29, 0.717) is 17.0 Å². The van der Waals surface area contributed by atoms with Gasteiger partial charge in [0.1, 0.15) is 5.75 Å². The van der Waals surface area contributed by atoms with Crippen LogP contribution >= 0.6 is 0 Å². The van der Waals surface area contributed by atoms with Gasteiger partial charge in [-0.05, 0) is 35.9 Å². The highest BCUT2D eigenvalue weighted by molar-refractivity contribution is 5.96. The van der Waals surface area contributed by atoms with Crippen molar-refractivity contribution in [2.24, 2.45) is 0 Å². The first kappa shape index (κ1) is 18.2. The van der Waals surface area contributed by atoms with Crippen molar-refractivity contribution in [2.75, 3.05) is 11.9 Å². The number of hydrogen-bond acceptors (Lipinski definition) is 6. The van der Waals surface area contributed by atoms with Crippen LogP contribution in [0.2, 0.25) is 0 Å². The first-order valence-corrected chi connectivity index (χ1v) is 8.52.